The largest absolute Gasteiger partial charge is 0.504 e. The van der Waals surface area contributed by atoms with Crippen LogP contribution in [-0.4, -0.2) is 29.6 Å². The summed E-state index contributed by atoms with van der Waals surface area (Å²) in [6, 6.07) is 12.7. The third-order valence-corrected chi connectivity index (χ3v) is 4.10. The molecular weight excluding hydrogens is 304 g/mol. The Labute approximate surface area is 141 Å². The standard InChI is InChI=1S/C19H22N2O3/c1-12(2)11-21-18(13-8-9-17(24-3)16(22)10-13)20-15-7-5-4-6-14(15)19(21)23/h4-10,12,18,20,22H,11H2,1-3H3/t18-/m0/s1. The number of rotatable bonds is 4. The Balaban J connectivity index is 2.03. The summed E-state index contributed by atoms with van der Waals surface area (Å²) in [4.78, 5) is 14.8. The monoisotopic (exact) mass is 326 g/mol. The number of hydrogen-bond donors (Lipinski definition) is 2. The van der Waals surface area contributed by atoms with Gasteiger partial charge in [0.1, 0.15) is 6.17 Å². The molecule has 2 aromatic rings. The molecule has 0 fully saturated rings. The van der Waals surface area contributed by atoms with Gasteiger partial charge in [-0.15, -0.1) is 0 Å². The van der Waals surface area contributed by atoms with Crippen molar-refractivity contribution in [1.29, 1.82) is 0 Å². The quantitative estimate of drug-likeness (QED) is 0.901. The number of ether oxygens (including phenoxy) is 1. The van der Waals surface area contributed by atoms with E-state index in [1.165, 1.54) is 7.11 Å². The number of fused-ring (bicyclic) bond motifs is 1. The number of anilines is 1. The van der Waals surface area contributed by atoms with Crippen molar-refractivity contribution in [2.45, 2.75) is 20.0 Å². The van der Waals surface area contributed by atoms with E-state index < -0.39 is 0 Å². The van der Waals surface area contributed by atoms with E-state index in [-0.39, 0.29) is 17.8 Å². The third kappa shape index (κ3) is 2.89. The van der Waals surface area contributed by atoms with Crippen LogP contribution in [0.1, 0.15) is 35.9 Å². The smallest absolute Gasteiger partial charge is 0.257 e. The molecule has 1 aliphatic rings. The fourth-order valence-corrected chi connectivity index (χ4v) is 3.01. The van der Waals surface area contributed by atoms with Crippen LogP contribution in [0.25, 0.3) is 0 Å². The number of carbonyl (C=O) groups is 1. The van der Waals surface area contributed by atoms with Gasteiger partial charge in [-0.2, -0.15) is 0 Å². The average molecular weight is 326 g/mol. The number of phenols is 1. The van der Waals surface area contributed by atoms with Gasteiger partial charge in [-0.1, -0.05) is 32.0 Å². The van der Waals surface area contributed by atoms with Gasteiger partial charge in [0.05, 0.1) is 12.7 Å². The summed E-state index contributed by atoms with van der Waals surface area (Å²) < 4.78 is 5.11. The lowest BCUT2D eigenvalue weighted by atomic mass is 10.0. The summed E-state index contributed by atoms with van der Waals surface area (Å²) in [6.07, 6.45) is -0.327. The highest BCUT2D eigenvalue weighted by molar-refractivity contribution is 6.01. The average Bonchev–Trinajstić information content (AvgIpc) is 2.57. The van der Waals surface area contributed by atoms with Gasteiger partial charge in [0.15, 0.2) is 11.5 Å². The van der Waals surface area contributed by atoms with Crippen molar-refractivity contribution >= 4 is 11.6 Å². The first-order chi connectivity index (χ1) is 11.5. The zero-order chi connectivity index (χ0) is 17.3. The molecule has 0 bridgehead atoms. The van der Waals surface area contributed by atoms with Crippen LogP contribution in [0, 0.1) is 5.92 Å². The molecule has 0 aliphatic carbocycles. The Hall–Kier alpha value is -2.69. The molecule has 5 heteroatoms. The highest BCUT2D eigenvalue weighted by Gasteiger charge is 2.33. The Kier molecular flexibility index (Phi) is 4.34. The Morgan fingerprint density at radius 3 is 2.67 bits per heavy atom. The minimum atomic E-state index is -0.327. The SMILES string of the molecule is COc1ccc([C@H]2Nc3ccccc3C(=O)N2CC(C)C)cc1O. The maximum Gasteiger partial charge on any atom is 0.257 e. The van der Waals surface area contributed by atoms with Gasteiger partial charge in [-0.3, -0.25) is 4.79 Å². The van der Waals surface area contributed by atoms with Crippen LogP contribution in [0.15, 0.2) is 42.5 Å². The molecule has 2 aromatic carbocycles. The second-order valence-corrected chi connectivity index (χ2v) is 6.38. The van der Waals surface area contributed by atoms with Crippen molar-refractivity contribution in [3.63, 3.8) is 0 Å². The van der Waals surface area contributed by atoms with Crippen molar-refractivity contribution in [2.75, 3.05) is 19.0 Å². The van der Waals surface area contributed by atoms with E-state index in [2.05, 4.69) is 19.2 Å². The predicted octanol–water partition coefficient (Wildman–Crippen LogP) is 3.62. The molecule has 0 saturated heterocycles. The fourth-order valence-electron chi connectivity index (χ4n) is 3.01. The summed E-state index contributed by atoms with van der Waals surface area (Å²) in [5.74, 6) is 0.804. The van der Waals surface area contributed by atoms with Crippen LogP contribution in [0.3, 0.4) is 0 Å². The number of carbonyl (C=O) groups excluding carboxylic acids is 1. The van der Waals surface area contributed by atoms with E-state index >= 15 is 0 Å². The van der Waals surface area contributed by atoms with E-state index in [0.717, 1.165) is 11.3 Å². The molecule has 5 nitrogen and oxygen atoms in total. The number of hydrogen-bond acceptors (Lipinski definition) is 4. The molecule has 1 amide bonds. The zero-order valence-corrected chi connectivity index (χ0v) is 14.1. The first-order valence-corrected chi connectivity index (χ1v) is 8.04. The second kappa shape index (κ2) is 6.43. The number of aromatic hydroxyl groups is 1. The number of nitrogens with zero attached hydrogens (tertiary/aromatic N) is 1. The van der Waals surface area contributed by atoms with Crippen LogP contribution < -0.4 is 10.1 Å². The Morgan fingerprint density at radius 2 is 2.00 bits per heavy atom. The van der Waals surface area contributed by atoms with Crippen molar-refractivity contribution in [2.24, 2.45) is 5.92 Å². The molecule has 1 heterocycles. The molecule has 0 saturated carbocycles. The summed E-state index contributed by atoms with van der Waals surface area (Å²) >= 11 is 0. The normalized spacial score (nSPS) is 16.8. The van der Waals surface area contributed by atoms with Gasteiger partial charge in [-0.25, -0.2) is 0 Å². The highest BCUT2D eigenvalue weighted by Crippen LogP contribution is 2.36. The van der Waals surface area contributed by atoms with Crippen LogP contribution in [0.2, 0.25) is 0 Å². The number of benzene rings is 2. The maximum atomic E-state index is 12.9. The molecule has 0 radical (unpaired) electrons. The van der Waals surface area contributed by atoms with Crippen LogP contribution >= 0.6 is 0 Å². The van der Waals surface area contributed by atoms with Gasteiger partial charge < -0.3 is 20.1 Å². The molecule has 1 atom stereocenters. The minimum absolute atomic E-state index is 0.00152. The molecule has 24 heavy (non-hydrogen) atoms. The van der Waals surface area contributed by atoms with E-state index in [1.54, 1.807) is 12.1 Å². The summed E-state index contributed by atoms with van der Waals surface area (Å²) in [5.41, 5.74) is 2.30. The maximum absolute atomic E-state index is 12.9. The van der Waals surface area contributed by atoms with Crippen molar-refractivity contribution in [3.8, 4) is 11.5 Å². The lowest BCUT2D eigenvalue weighted by molar-refractivity contribution is 0.0657. The summed E-state index contributed by atoms with van der Waals surface area (Å²) in [7, 11) is 1.51. The topological polar surface area (TPSA) is 61.8 Å². The molecule has 0 spiro atoms. The van der Waals surface area contributed by atoms with Crippen LogP contribution in [0.4, 0.5) is 5.69 Å². The number of amides is 1. The molecule has 1 aliphatic heterocycles. The minimum Gasteiger partial charge on any atom is -0.504 e. The van der Waals surface area contributed by atoms with E-state index in [1.807, 2.05) is 35.2 Å². The van der Waals surface area contributed by atoms with Gasteiger partial charge in [0, 0.05) is 12.2 Å². The zero-order valence-electron chi connectivity index (χ0n) is 14.1. The summed E-state index contributed by atoms with van der Waals surface area (Å²) in [5, 5.41) is 13.5. The first-order valence-electron chi connectivity index (χ1n) is 8.04. The van der Waals surface area contributed by atoms with Gasteiger partial charge in [-0.05, 0) is 35.7 Å². The predicted molar refractivity (Wildman–Crippen MR) is 93.3 cm³/mol. The van der Waals surface area contributed by atoms with E-state index in [4.69, 9.17) is 4.74 Å². The van der Waals surface area contributed by atoms with Crippen LogP contribution in [-0.2, 0) is 0 Å². The number of phenolic OH excluding ortho intramolecular Hbond substituents is 1. The molecule has 126 valence electrons. The summed E-state index contributed by atoms with van der Waals surface area (Å²) in [6.45, 7) is 4.78. The first kappa shape index (κ1) is 16.2. The Bertz CT molecular complexity index is 758. The Morgan fingerprint density at radius 1 is 1.25 bits per heavy atom. The molecule has 2 N–H and O–H groups in total. The second-order valence-electron chi connectivity index (χ2n) is 6.38. The highest BCUT2D eigenvalue weighted by atomic mass is 16.5. The van der Waals surface area contributed by atoms with Crippen molar-refractivity contribution in [1.82, 2.24) is 4.90 Å². The van der Waals surface area contributed by atoms with Gasteiger partial charge in [0.2, 0.25) is 0 Å². The molecule has 3 rings (SSSR count). The lowest BCUT2D eigenvalue weighted by Crippen LogP contribution is -2.44. The lowest BCUT2D eigenvalue weighted by Gasteiger charge is -2.39. The van der Waals surface area contributed by atoms with Gasteiger partial charge >= 0.3 is 0 Å². The van der Waals surface area contributed by atoms with Gasteiger partial charge in [0.25, 0.3) is 5.91 Å². The molecule has 0 unspecified atom stereocenters. The number of nitrogens with one attached hydrogen (secondary N) is 1. The number of para-hydroxylation sites is 1. The number of methoxy groups -OCH3 is 1. The van der Waals surface area contributed by atoms with E-state index in [0.29, 0.717) is 23.8 Å². The van der Waals surface area contributed by atoms with Crippen molar-refractivity contribution in [3.05, 3.63) is 53.6 Å². The van der Waals surface area contributed by atoms with E-state index in [9.17, 15) is 9.90 Å². The fraction of sp³-hybridized carbons (Fsp3) is 0.316. The molecule has 0 aromatic heterocycles. The van der Waals surface area contributed by atoms with Crippen LogP contribution in [0.5, 0.6) is 11.5 Å². The molecular formula is C19H22N2O3. The van der Waals surface area contributed by atoms with Crippen molar-refractivity contribution < 1.29 is 14.6 Å². The third-order valence-electron chi connectivity index (χ3n) is 4.10.